The topological polar surface area (TPSA) is 90.4 Å². The van der Waals surface area contributed by atoms with Crippen molar-refractivity contribution in [1.82, 2.24) is 15.3 Å². The van der Waals surface area contributed by atoms with Crippen LogP contribution in [0.1, 0.15) is 70.2 Å². The van der Waals surface area contributed by atoms with E-state index in [9.17, 15) is 9.59 Å². The van der Waals surface area contributed by atoms with Crippen LogP contribution in [0.3, 0.4) is 0 Å². The molecule has 7 nitrogen and oxygen atoms in total. The van der Waals surface area contributed by atoms with Crippen LogP contribution in [0.4, 0.5) is 0 Å². The van der Waals surface area contributed by atoms with Crippen LogP contribution in [0.5, 0.6) is 0 Å². The Balaban J connectivity index is 2.10. The number of methoxy groups -OCH3 is 1. The van der Waals surface area contributed by atoms with E-state index in [0.717, 1.165) is 23.2 Å². The van der Waals surface area contributed by atoms with Crippen LogP contribution in [0, 0.1) is 0 Å². The molecule has 0 aliphatic heterocycles. The van der Waals surface area contributed by atoms with Gasteiger partial charge in [0.2, 0.25) is 0 Å². The normalized spacial score (nSPS) is 13.7. The van der Waals surface area contributed by atoms with Crippen LogP contribution in [-0.2, 0) is 15.9 Å². The molecule has 2 aromatic rings. The fourth-order valence-corrected chi connectivity index (χ4v) is 3.20. The lowest BCUT2D eigenvalue weighted by Crippen LogP contribution is -2.26. The van der Waals surface area contributed by atoms with E-state index < -0.39 is 23.6 Å². The van der Waals surface area contributed by atoms with Crippen molar-refractivity contribution < 1.29 is 19.1 Å². The Morgan fingerprint density at radius 1 is 1.24 bits per heavy atom. The molecule has 2 aromatic heterocycles. The molecule has 0 spiro atoms. The third-order valence-electron chi connectivity index (χ3n) is 4.43. The molecule has 1 unspecified atom stereocenters. The van der Waals surface area contributed by atoms with Crippen molar-refractivity contribution in [2.75, 3.05) is 14.2 Å². The van der Waals surface area contributed by atoms with Crippen molar-refractivity contribution in [3.8, 4) is 0 Å². The third kappa shape index (κ3) is 4.51. The van der Waals surface area contributed by atoms with E-state index in [0.29, 0.717) is 5.69 Å². The SMILES string of the molecule is CNC(=O)c1cc(C(=O)OC(C)(C)C)cc(C(OC)c2ccnc3c2C=CC3)n1. The van der Waals surface area contributed by atoms with Gasteiger partial charge in [-0.05, 0) is 44.5 Å². The molecule has 1 aliphatic rings. The first-order chi connectivity index (χ1) is 13.7. The van der Waals surface area contributed by atoms with Crippen LogP contribution < -0.4 is 5.32 Å². The maximum Gasteiger partial charge on any atom is 0.338 e. The van der Waals surface area contributed by atoms with Crippen LogP contribution in [0.15, 0.2) is 30.5 Å². The van der Waals surface area contributed by atoms with Crippen molar-refractivity contribution in [3.63, 3.8) is 0 Å². The average Bonchev–Trinajstić information content (AvgIpc) is 3.16. The molecule has 2 heterocycles. The van der Waals surface area contributed by atoms with Crippen molar-refractivity contribution in [2.24, 2.45) is 0 Å². The van der Waals surface area contributed by atoms with Gasteiger partial charge < -0.3 is 14.8 Å². The minimum Gasteiger partial charge on any atom is -0.456 e. The molecule has 1 amide bonds. The predicted molar refractivity (Wildman–Crippen MR) is 109 cm³/mol. The van der Waals surface area contributed by atoms with Crippen LogP contribution in [0.2, 0.25) is 0 Å². The Labute approximate surface area is 170 Å². The van der Waals surface area contributed by atoms with Gasteiger partial charge in [0.25, 0.3) is 5.91 Å². The summed E-state index contributed by atoms with van der Waals surface area (Å²) in [6, 6.07) is 4.91. The monoisotopic (exact) mass is 395 g/mol. The first-order valence-corrected chi connectivity index (χ1v) is 9.38. The number of allylic oxidation sites excluding steroid dienone is 1. The van der Waals surface area contributed by atoms with E-state index >= 15 is 0 Å². The van der Waals surface area contributed by atoms with Gasteiger partial charge in [-0.1, -0.05) is 12.2 Å². The van der Waals surface area contributed by atoms with E-state index in [4.69, 9.17) is 9.47 Å². The van der Waals surface area contributed by atoms with Crippen molar-refractivity contribution in [3.05, 3.63) is 64.2 Å². The molecular formula is C22H25N3O4. The summed E-state index contributed by atoms with van der Waals surface area (Å²) in [4.78, 5) is 33.8. The summed E-state index contributed by atoms with van der Waals surface area (Å²) >= 11 is 0. The molecular weight excluding hydrogens is 370 g/mol. The molecule has 0 fully saturated rings. The Hall–Kier alpha value is -3.06. The molecule has 1 N–H and O–H groups in total. The number of nitrogens with one attached hydrogen (secondary N) is 1. The Morgan fingerprint density at radius 2 is 2.00 bits per heavy atom. The second-order valence-electron chi connectivity index (χ2n) is 7.73. The zero-order valence-electron chi connectivity index (χ0n) is 17.3. The molecule has 0 saturated carbocycles. The van der Waals surface area contributed by atoms with Gasteiger partial charge in [0.1, 0.15) is 17.4 Å². The minimum absolute atomic E-state index is 0.120. The number of hydrogen-bond acceptors (Lipinski definition) is 6. The van der Waals surface area contributed by atoms with Crippen LogP contribution >= 0.6 is 0 Å². The summed E-state index contributed by atoms with van der Waals surface area (Å²) in [5.74, 6) is -0.924. The molecule has 1 aliphatic carbocycles. The summed E-state index contributed by atoms with van der Waals surface area (Å²) in [6.07, 6.45) is 5.95. The molecule has 152 valence electrons. The number of rotatable bonds is 5. The Morgan fingerprint density at radius 3 is 2.66 bits per heavy atom. The largest absolute Gasteiger partial charge is 0.456 e. The van der Waals surface area contributed by atoms with Gasteiger partial charge in [-0.3, -0.25) is 9.78 Å². The Bertz CT molecular complexity index is 977. The lowest BCUT2D eigenvalue weighted by molar-refractivity contribution is 0.00689. The van der Waals surface area contributed by atoms with Gasteiger partial charge >= 0.3 is 5.97 Å². The van der Waals surface area contributed by atoms with Gasteiger partial charge in [0.15, 0.2) is 0 Å². The average molecular weight is 395 g/mol. The smallest absolute Gasteiger partial charge is 0.338 e. The molecule has 29 heavy (non-hydrogen) atoms. The lowest BCUT2D eigenvalue weighted by Gasteiger charge is -2.21. The first kappa shape index (κ1) is 20.7. The molecule has 0 radical (unpaired) electrons. The predicted octanol–water partition coefficient (Wildman–Crippen LogP) is 3.10. The molecule has 3 rings (SSSR count). The summed E-state index contributed by atoms with van der Waals surface area (Å²) < 4.78 is 11.2. The third-order valence-corrected chi connectivity index (χ3v) is 4.43. The fourth-order valence-electron chi connectivity index (χ4n) is 3.20. The second-order valence-corrected chi connectivity index (χ2v) is 7.73. The van der Waals surface area contributed by atoms with Gasteiger partial charge in [0.05, 0.1) is 17.0 Å². The van der Waals surface area contributed by atoms with Crippen LogP contribution in [0.25, 0.3) is 6.08 Å². The molecule has 7 heteroatoms. The summed E-state index contributed by atoms with van der Waals surface area (Å²) in [7, 11) is 3.08. The molecule has 0 aromatic carbocycles. The standard InChI is InChI=1S/C22H25N3O4/c1-22(2,3)29-21(27)13-11-17(25-18(12-13)20(26)23-4)19(28-5)15-9-10-24-16-8-6-7-14(15)16/h6-7,9-12,19H,8H2,1-5H3,(H,23,26). The zero-order valence-corrected chi connectivity index (χ0v) is 17.3. The summed E-state index contributed by atoms with van der Waals surface area (Å²) in [6.45, 7) is 5.37. The number of carbonyl (C=O) groups is 2. The van der Waals surface area contributed by atoms with Gasteiger partial charge in [-0.15, -0.1) is 0 Å². The number of amides is 1. The van der Waals surface area contributed by atoms with Gasteiger partial charge in [-0.25, -0.2) is 9.78 Å². The highest BCUT2D eigenvalue weighted by atomic mass is 16.6. The van der Waals surface area contributed by atoms with Crippen molar-refractivity contribution in [1.29, 1.82) is 0 Å². The van der Waals surface area contributed by atoms with Crippen molar-refractivity contribution >= 4 is 18.0 Å². The highest BCUT2D eigenvalue weighted by molar-refractivity contribution is 5.96. The molecule has 0 saturated heterocycles. The number of pyridine rings is 2. The molecule has 1 atom stereocenters. The fraction of sp³-hybridized carbons (Fsp3) is 0.364. The number of aromatic nitrogens is 2. The second kappa shape index (κ2) is 8.13. The first-order valence-electron chi connectivity index (χ1n) is 9.38. The number of fused-ring (bicyclic) bond motifs is 1. The van der Waals surface area contributed by atoms with E-state index in [1.165, 1.54) is 13.1 Å². The summed E-state index contributed by atoms with van der Waals surface area (Å²) in [5.41, 5.74) is 2.96. The van der Waals surface area contributed by atoms with Crippen molar-refractivity contribution in [2.45, 2.75) is 38.9 Å². The van der Waals surface area contributed by atoms with Crippen LogP contribution in [-0.4, -0.2) is 41.6 Å². The maximum atomic E-state index is 12.7. The van der Waals surface area contributed by atoms with E-state index in [1.54, 1.807) is 40.1 Å². The van der Waals surface area contributed by atoms with E-state index in [-0.39, 0.29) is 11.3 Å². The van der Waals surface area contributed by atoms with E-state index in [1.807, 2.05) is 18.2 Å². The Kier molecular flexibility index (Phi) is 5.79. The molecule has 0 bridgehead atoms. The minimum atomic E-state index is -0.662. The number of hydrogen-bond donors (Lipinski definition) is 1. The number of nitrogens with zero attached hydrogens (tertiary/aromatic N) is 2. The lowest BCUT2D eigenvalue weighted by atomic mass is 9.99. The summed E-state index contributed by atoms with van der Waals surface area (Å²) in [5, 5.41) is 2.55. The van der Waals surface area contributed by atoms with Gasteiger partial charge in [0, 0.05) is 32.3 Å². The number of esters is 1. The number of carbonyl (C=O) groups excluding carboxylic acids is 2. The highest BCUT2D eigenvalue weighted by Gasteiger charge is 2.26. The quantitative estimate of drug-likeness (QED) is 0.783. The zero-order chi connectivity index (χ0) is 21.2. The van der Waals surface area contributed by atoms with E-state index in [2.05, 4.69) is 15.3 Å². The van der Waals surface area contributed by atoms with Gasteiger partial charge in [-0.2, -0.15) is 0 Å². The highest BCUT2D eigenvalue weighted by Crippen LogP contribution is 2.32. The maximum absolute atomic E-state index is 12.7. The number of ether oxygens (including phenoxy) is 2.